The highest BCUT2D eigenvalue weighted by Gasteiger charge is 2.39. The van der Waals surface area contributed by atoms with Crippen LogP contribution in [0.4, 0.5) is 13.2 Å². The monoisotopic (exact) mass is 497 g/mol. The summed E-state index contributed by atoms with van der Waals surface area (Å²) in [5, 5.41) is 0.597. The van der Waals surface area contributed by atoms with Crippen molar-refractivity contribution in [3.8, 4) is 11.1 Å². The van der Waals surface area contributed by atoms with Gasteiger partial charge < -0.3 is 9.88 Å². The van der Waals surface area contributed by atoms with Crippen molar-refractivity contribution in [2.45, 2.75) is 32.5 Å². The number of nitrogens with zero attached hydrogens (tertiary/aromatic N) is 2. The Hall–Kier alpha value is -3.32. The first-order valence-electron chi connectivity index (χ1n) is 11.4. The summed E-state index contributed by atoms with van der Waals surface area (Å²) in [6.45, 7) is 4.34. The maximum Gasteiger partial charge on any atom is 0.416 e. The second-order valence-electron chi connectivity index (χ2n) is 9.07. The Balaban J connectivity index is 1.59. The summed E-state index contributed by atoms with van der Waals surface area (Å²) in [7, 11) is 0. The number of likely N-dealkylation sites (tertiary alicyclic amines) is 1. The van der Waals surface area contributed by atoms with E-state index in [0.717, 1.165) is 23.2 Å². The Morgan fingerprint density at radius 2 is 1.86 bits per heavy atom. The third-order valence-corrected chi connectivity index (χ3v) is 7.09. The van der Waals surface area contributed by atoms with Gasteiger partial charge in [-0.15, -0.1) is 0 Å². The summed E-state index contributed by atoms with van der Waals surface area (Å²) < 4.78 is 40.7. The number of aromatic nitrogens is 2. The van der Waals surface area contributed by atoms with E-state index in [2.05, 4.69) is 4.98 Å². The number of fused-ring (bicyclic) bond motifs is 1. The number of carbonyl (C=O) groups is 1. The molecule has 1 fully saturated rings. The van der Waals surface area contributed by atoms with Crippen LogP contribution in [0.3, 0.4) is 0 Å². The molecule has 1 aliphatic rings. The fourth-order valence-electron chi connectivity index (χ4n) is 4.81. The van der Waals surface area contributed by atoms with Crippen LogP contribution in [0.1, 0.15) is 46.7 Å². The Labute approximate surface area is 205 Å². The van der Waals surface area contributed by atoms with Crippen LogP contribution in [-0.2, 0) is 6.18 Å². The molecule has 35 heavy (non-hydrogen) atoms. The molecule has 180 valence electrons. The molecule has 4 nitrogen and oxygen atoms in total. The van der Waals surface area contributed by atoms with Crippen LogP contribution in [-0.4, -0.2) is 27.3 Å². The van der Waals surface area contributed by atoms with Gasteiger partial charge in [0.05, 0.1) is 22.6 Å². The average Bonchev–Trinajstić information content (AvgIpc) is 3.41. The van der Waals surface area contributed by atoms with E-state index in [1.807, 2.05) is 26.0 Å². The number of imidazole rings is 1. The molecule has 0 bridgehead atoms. The lowest BCUT2D eigenvalue weighted by molar-refractivity contribution is -0.137. The molecule has 8 heteroatoms. The number of benzene rings is 3. The first-order chi connectivity index (χ1) is 16.6. The first-order valence-corrected chi connectivity index (χ1v) is 11.7. The normalized spacial score (nSPS) is 18.4. The highest BCUT2D eigenvalue weighted by molar-refractivity contribution is 6.32. The number of H-pyrrole nitrogens is 1. The van der Waals surface area contributed by atoms with E-state index in [9.17, 15) is 18.0 Å². The lowest BCUT2D eigenvalue weighted by atomic mass is 9.95. The molecule has 5 rings (SSSR count). The van der Waals surface area contributed by atoms with Gasteiger partial charge in [0, 0.05) is 17.1 Å². The largest absolute Gasteiger partial charge is 0.416 e. The molecule has 2 heterocycles. The van der Waals surface area contributed by atoms with Crippen LogP contribution in [0.15, 0.2) is 60.7 Å². The second-order valence-corrected chi connectivity index (χ2v) is 9.48. The summed E-state index contributed by atoms with van der Waals surface area (Å²) >= 11 is 6.26. The Bertz CT molecular complexity index is 1380. The van der Waals surface area contributed by atoms with Gasteiger partial charge in [-0.3, -0.25) is 4.79 Å². The van der Waals surface area contributed by atoms with Gasteiger partial charge in [0.25, 0.3) is 5.91 Å². The Morgan fingerprint density at radius 1 is 1.11 bits per heavy atom. The highest BCUT2D eigenvalue weighted by Crippen LogP contribution is 2.40. The summed E-state index contributed by atoms with van der Waals surface area (Å²) in [5.41, 5.74) is 2.72. The van der Waals surface area contributed by atoms with Crippen molar-refractivity contribution in [3.63, 3.8) is 0 Å². The number of hydrogen-bond donors (Lipinski definition) is 1. The SMILES string of the molecule is Cc1cc2[nH]c([C@@H]3[C@@H](C)CCN3C(=O)c3cc(C(F)(F)F)ccc3-c3ccccc3)nc2cc1Cl. The van der Waals surface area contributed by atoms with Crippen molar-refractivity contribution in [1.82, 2.24) is 14.9 Å². The zero-order valence-corrected chi connectivity index (χ0v) is 19.9. The van der Waals surface area contributed by atoms with Gasteiger partial charge >= 0.3 is 6.18 Å². The lowest BCUT2D eigenvalue weighted by Crippen LogP contribution is -2.33. The molecule has 1 aliphatic heterocycles. The number of alkyl halides is 3. The summed E-state index contributed by atoms with van der Waals surface area (Å²) in [6, 6.07) is 15.6. The fraction of sp³-hybridized carbons (Fsp3) is 0.259. The minimum Gasteiger partial charge on any atom is -0.340 e. The topological polar surface area (TPSA) is 49.0 Å². The van der Waals surface area contributed by atoms with Crippen molar-refractivity contribution in [2.75, 3.05) is 6.54 Å². The molecule has 0 spiro atoms. The van der Waals surface area contributed by atoms with E-state index in [1.54, 1.807) is 35.2 Å². The lowest BCUT2D eigenvalue weighted by Gasteiger charge is -2.27. The average molecular weight is 498 g/mol. The van der Waals surface area contributed by atoms with Crippen LogP contribution in [0, 0.1) is 12.8 Å². The van der Waals surface area contributed by atoms with E-state index < -0.39 is 23.7 Å². The standard InChI is InChI=1S/C27H23ClF3N3O/c1-15-10-11-34(24(15)25-32-22-12-16(2)21(28)14-23(22)33-25)26(35)20-13-18(27(29,30)31)8-9-19(20)17-6-4-3-5-7-17/h3-9,12-15,24H,10-11H2,1-2H3,(H,32,33)/t15-,24-/m0/s1. The molecule has 1 N–H and O–H groups in total. The van der Waals surface area contributed by atoms with Crippen molar-refractivity contribution in [3.05, 3.63) is 88.2 Å². The molecule has 2 atom stereocenters. The number of nitrogens with one attached hydrogen (secondary N) is 1. The van der Waals surface area contributed by atoms with Gasteiger partial charge in [0.2, 0.25) is 0 Å². The predicted octanol–water partition coefficient (Wildman–Crippen LogP) is 7.43. The number of aryl methyl sites for hydroxylation is 1. The van der Waals surface area contributed by atoms with Crippen LogP contribution in [0.25, 0.3) is 22.2 Å². The van der Waals surface area contributed by atoms with E-state index in [-0.39, 0.29) is 11.5 Å². The molecule has 1 aromatic heterocycles. The maximum absolute atomic E-state index is 13.9. The van der Waals surface area contributed by atoms with Crippen molar-refractivity contribution >= 4 is 28.5 Å². The molecular weight excluding hydrogens is 475 g/mol. The minimum atomic E-state index is -4.56. The molecule has 4 aromatic rings. The molecule has 0 unspecified atom stereocenters. The van der Waals surface area contributed by atoms with Crippen LogP contribution < -0.4 is 0 Å². The number of hydrogen-bond acceptors (Lipinski definition) is 2. The third kappa shape index (κ3) is 4.29. The van der Waals surface area contributed by atoms with Gasteiger partial charge in [-0.25, -0.2) is 4.98 Å². The summed E-state index contributed by atoms with van der Waals surface area (Å²) in [5.74, 6) is 0.231. The number of aromatic amines is 1. The van der Waals surface area contributed by atoms with Crippen molar-refractivity contribution < 1.29 is 18.0 Å². The quantitative estimate of drug-likeness (QED) is 0.320. The molecule has 0 radical (unpaired) electrons. The van der Waals surface area contributed by atoms with Crippen LogP contribution >= 0.6 is 11.6 Å². The fourth-order valence-corrected chi connectivity index (χ4v) is 4.97. The third-order valence-electron chi connectivity index (χ3n) is 6.68. The maximum atomic E-state index is 13.9. The van der Waals surface area contributed by atoms with Gasteiger partial charge in [0.1, 0.15) is 5.82 Å². The van der Waals surface area contributed by atoms with Gasteiger partial charge in [-0.2, -0.15) is 13.2 Å². The molecule has 3 aromatic carbocycles. The molecule has 1 amide bonds. The van der Waals surface area contributed by atoms with Crippen molar-refractivity contribution in [2.24, 2.45) is 5.92 Å². The summed E-state index contributed by atoms with van der Waals surface area (Å²) in [6.07, 6.45) is -3.84. The number of rotatable bonds is 3. The van der Waals surface area contributed by atoms with E-state index in [0.29, 0.717) is 40.5 Å². The zero-order valence-electron chi connectivity index (χ0n) is 19.2. The second kappa shape index (κ2) is 8.72. The van der Waals surface area contributed by atoms with Crippen LogP contribution in [0.5, 0.6) is 0 Å². The molecule has 1 saturated heterocycles. The number of carbonyl (C=O) groups excluding carboxylic acids is 1. The van der Waals surface area contributed by atoms with E-state index in [4.69, 9.17) is 16.6 Å². The van der Waals surface area contributed by atoms with Gasteiger partial charge in [-0.1, -0.05) is 54.9 Å². The van der Waals surface area contributed by atoms with E-state index in [1.165, 1.54) is 6.07 Å². The number of halogens is 4. The summed E-state index contributed by atoms with van der Waals surface area (Å²) in [4.78, 5) is 23.5. The number of amides is 1. The molecule has 0 saturated carbocycles. The van der Waals surface area contributed by atoms with Crippen LogP contribution in [0.2, 0.25) is 5.02 Å². The van der Waals surface area contributed by atoms with Gasteiger partial charge in [0.15, 0.2) is 0 Å². The minimum absolute atomic E-state index is 0.0279. The molecule has 0 aliphatic carbocycles. The van der Waals surface area contributed by atoms with Gasteiger partial charge in [-0.05, 0) is 60.2 Å². The molecular formula is C27H23ClF3N3O. The Kier molecular flexibility index (Phi) is 5.83. The zero-order chi connectivity index (χ0) is 24.9. The Morgan fingerprint density at radius 3 is 2.57 bits per heavy atom. The van der Waals surface area contributed by atoms with Crippen molar-refractivity contribution in [1.29, 1.82) is 0 Å². The highest BCUT2D eigenvalue weighted by atomic mass is 35.5. The smallest absolute Gasteiger partial charge is 0.340 e. The predicted molar refractivity (Wildman–Crippen MR) is 130 cm³/mol. The first kappa shape index (κ1) is 23.4. The van der Waals surface area contributed by atoms with E-state index >= 15 is 0 Å².